The summed E-state index contributed by atoms with van der Waals surface area (Å²) in [4.78, 5) is 62.4. The number of alkyl halides is 3. The molecule has 5 rings (SSSR count). The van der Waals surface area contributed by atoms with Crippen LogP contribution in [-0.2, 0) is 39.9 Å². The van der Waals surface area contributed by atoms with Crippen molar-refractivity contribution < 1.29 is 41.8 Å². The Balaban J connectivity index is 1.49. The Hall–Kier alpha value is -5.12. The van der Waals surface area contributed by atoms with E-state index in [2.05, 4.69) is 31.2 Å². The Kier molecular flexibility index (Phi) is 13.3. The largest absolute Gasteiger partial charge is 0.497 e. The molecule has 4 aromatic rings. The fraction of sp³-hybridized carbons (Fsp3) is 0.475. The van der Waals surface area contributed by atoms with Crippen molar-refractivity contribution in [1.29, 1.82) is 0 Å². The summed E-state index contributed by atoms with van der Waals surface area (Å²) in [5.41, 5.74) is -0.634. The molecule has 12 nitrogen and oxygen atoms in total. The second-order valence-corrected chi connectivity index (χ2v) is 15.1. The SMILES string of the molecule is CCOC(=O)c1csc([C@@H](NC(=O)[C@]2(NC(=O)[C@@H](NC(=O)NCc3ccc(OC)cc3)[C@@H](C)CC)CCc3[nH]c4c(C(F)(F)F)cccc4c3C2)[C@@H](C)CC)n1. The number of carbonyl (C=O) groups is 4. The highest BCUT2D eigenvalue weighted by Crippen LogP contribution is 2.40. The minimum atomic E-state index is -4.63. The van der Waals surface area contributed by atoms with E-state index >= 15 is 0 Å². The molecular formula is C40H49F3N6O6S. The summed E-state index contributed by atoms with van der Waals surface area (Å²) in [6.07, 6.45) is -3.43. The molecule has 2 aromatic carbocycles. The summed E-state index contributed by atoms with van der Waals surface area (Å²) >= 11 is 1.19. The zero-order valence-corrected chi connectivity index (χ0v) is 33.1. The number of halogens is 3. The lowest BCUT2D eigenvalue weighted by Crippen LogP contribution is -2.65. The van der Waals surface area contributed by atoms with Gasteiger partial charge in [0.15, 0.2) is 5.69 Å². The fourth-order valence-electron chi connectivity index (χ4n) is 6.89. The van der Waals surface area contributed by atoms with Gasteiger partial charge in [-0.15, -0.1) is 11.3 Å². The van der Waals surface area contributed by atoms with Crippen molar-refractivity contribution in [2.45, 2.75) is 97.1 Å². The number of hydrogen-bond acceptors (Lipinski definition) is 8. The maximum atomic E-state index is 14.8. The van der Waals surface area contributed by atoms with Gasteiger partial charge < -0.3 is 35.7 Å². The van der Waals surface area contributed by atoms with E-state index in [1.165, 1.54) is 17.4 Å². The molecule has 1 aliphatic rings. The molecule has 16 heteroatoms. The highest BCUT2D eigenvalue weighted by Gasteiger charge is 2.47. The zero-order chi connectivity index (χ0) is 40.8. The van der Waals surface area contributed by atoms with Crippen LogP contribution < -0.4 is 26.0 Å². The van der Waals surface area contributed by atoms with Crippen LogP contribution >= 0.6 is 11.3 Å². The van der Waals surface area contributed by atoms with Crippen molar-refractivity contribution in [3.05, 3.63) is 80.9 Å². The summed E-state index contributed by atoms with van der Waals surface area (Å²) in [6, 6.07) is 8.69. The van der Waals surface area contributed by atoms with Gasteiger partial charge in [0.05, 0.1) is 30.8 Å². The van der Waals surface area contributed by atoms with Crippen LogP contribution in [0.3, 0.4) is 0 Å². The number of rotatable bonds is 15. The van der Waals surface area contributed by atoms with Crippen LogP contribution in [0.2, 0.25) is 0 Å². The summed E-state index contributed by atoms with van der Waals surface area (Å²) in [5, 5.41) is 14.0. The number of aromatic nitrogens is 2. The molecule has 0 bridgehead atoms. The van der Waals surface area contributed by atoms with Gasteiger partial charge in [0.25, 0.3) is 0 Å². The lowest BCUT2D eigenvalue weighted by molar-refractivity contribution is -0.136. The average molecular weight is 799 g/mol. The number of fused-ring (bicyclic) bond motifs is 3. The predicted molar refractivity (Wildman–Crippen MR) is 206 cm³/mol. The van der Waals surface area contributed by atoms with Crippen LogP contribution in [0.25, 0.3) is 10.9 Å². The average Bonchev–Trinajstić information content (AvgIpc) is 3.82. The highest BCUT2D eigenvalue weighted by molar-refractivity contribution is 7.09. The normalized spacial score (nSPS) is 17.5. The first-order valence-corrected chi connectivity index (χ1v) is 19.6. The number of nitrogens with zero attached hydrogens (tertiary/aromatic N) is 1. The standard InChI is InChI=1S/C40H49F3N6O6S/c1-7-22(4)31(48-38(53)44-20-24-13-15-25(54-6)16-14-24)34(50)49-39(18-17-29-27(19-39)26-11-10-12-28(33(26)45-29)40(41,42)43)37(52)47-32(23(5)8-2)35-46-30(21-56-35)36(51)55-9-3/h10-16,21-23,31-32,45H,7-9,17-20H2,1-6H3,(H,47,52)(H,49,50)(H2,44,48,53)/t22-,23-,31-,32-,39-/m0/s1. The van der Waals surface area contributed by atoms with Crippen LogP contribution in [0.5, 0.6) is 5.75 Å². The fourth-order valence-corrected chi connectivity index (χ4v) is 7.86. The molecule has 2 heterocycles. The van der Waals surface area contributed by atoms with E-state index in [-0.39, 0.29) is 55.5 Å². The molecule has 0 spiro atoms. The van der Waals surface area contributed by atoms with E-state index in [1.807, 2.05) is 20.8 Å². The van der Waals surface area contributed by atoms with Gasteiger partial charge in [0.1, 0.15) is 22.3 Å². The van der Waals surface area contributed by atoms with Gasteiger partial charge in [-0.05, 0) is 60.9 Å². The number of ether oxygens (including phenoxy) is 2. The van der Waals surface area contributed by atoms with Gasteiger partial charge in [0.2, 0.25) is 11.8 Å². The molecule has 5 atom stereocenters. The Morgan fingerprint density at radius 2 is 1.71 bits per heavy atom. The minimum absolute atomic E-state index is 0.0435. The zero-order valence-electron chi connectivity index (χ0n) is 32.3. The molecule has 4 amide bonds. The number of H-pyrrole nitrogens is 1. The Bertz CT molecular complexity index is 2030. The number of methoxy groups -OCH3 is 1. The second kappa shape index (κ2) is 17.8. The van der Waals surface area contributed by atoms with Gasteiger partial charge in [-0.25, -0.2) is 14.6 Å². The number of benzene rings is 2. The van der Waals surface area contributed by atoms with Crippen LogP contribution in [0, 0.1) is 11.8 Å². The highest BCUT2D eigenvalue weighted by atomic mass is 32.1. The van der Waals surface area contributed by atoms with Crippen LogP contribution in [0.4, 0.5) is 18.0 Å². The van der Waals surface area contributed by atoms with Crippen LogP contribution in [0.1, 0.15) is 97.8 Å². The Morgan fingerprint density at radius 1 is 1.00 bits per heavy atom. The lowest BCUT2D eigenvalue weighted by atomic mass is 9.78. The van der Waals surface area contributed by atoms with Crippen molar-refractivity contribution >= 4 is 46.1 Å². The topological polar surface area (TPSA) is 164 Å². The van der Waals surface area contributed by atoms with Gasteiger partial charge >= 0.3 is 18.2 Å². The number of carbonyl (C=O) groups excluding carboxylic acids is 4. The molecule has 1 aliphatic carbocycles. The number of amides is 4. The molecule has 2 aromatic heterocycles. The number of thiazole rings is 1. The molecule has 0 radical (unpaired) electrons. The van der Waals surface area contributed by atoms with Crippen LogP contribution in [-0.4, -0.2) is 59.1 Å². The number of esters is 1. The number of urea groups is 1. The second-order valence-electron chi connectivity index (χ2n) is 14.2. The van der Waals surface area contributed by atoms with Crippen molar-refractivity contribution in [2.24, 2.45) is 11.8 Å². The number of nitrogens with one attached hydrogen (secondary N) is 5. The summed E-state index contributed by atoms with van der Waals surface area (Å²) in [7, 11) is 1.55. The monoisotopic (exact) mass is 798 g/mol. The van der Waals surface area contributed by atoms with Gasteiger partial charge in [-0.2, -0.15) is 13.2 Å². The third kappa shape index (κ3) is 9.28. The number of hydrogen-bond donors (Lipinski definition) is 5. The van der Waals surface area contributed by atoms with E-state index in [0.717, 1.165) is 11.6 Å². The molecule has 0 unspecified atom stereocenters. The summed E-state index contributed by atoms with van der Waals surface area (Å²) < 4.78 is 52.6. The summed E-state index contributed by atoms with van der Waals surface area (Å²) in [6.45, 7) is 9.57. The van der Waals surface area contributed by atoms with Gasteiger partial charge in [0, 0.05) is 29.4 Å². The predicted octanol–water partition coefficient (Wildman–Crippen LogP) is 6.99. The molecule has 5 N–H and O–H groups in total. The Labute approximate surface area is 327 Å². The van der Waals surface area contributed by atoms with Crippen molar-refractivity contribution in [3.63, 3.8) is 0 Å². The lowest BCUT2D eigenvalue weighted by Gasteiger charge is -2.39. The molecule has 0 aliphatic heterocycles. The first-order valence-electron chi connectivity index (χ1n) is 18.8. The Morgan fingerprint density at radius 3 is 2.36 bits per heavy atom. The number of aryl methyl sites for hydroxylation is 1. The number of aromatic amines is 1. The number of para-hydroxylation sites is 1. The molecule has 302 valence electrons. The van der Waals surface area contributed by atoms with E-state index in [1.54, 1.807) is 56.7 Å². The van der Waals surface area contributed by atoms with E-state index in [9.17, 15) is 32.3 Å². The molecule has 0 fully saturated rings. The molecule has 0 saturated heterocycles. The molecule has 56 heavy (non-hydrogen) atoms. The third-order valence-corrected chi connectivity index (χ3v) is 11.5. The maximum absolute atomic E-state index is 14.8. The van der Waals surface area contributed by atoms with Crippen molar-refractivity contribution in [2.75, 3.05) is 13.7 Å². The van der Waals surface area contributed by atoms with Crippen molar-refractivity contribution in [1.82, 2.24) is 31.2 Å². The summed E-state index contributed by atoms with van der Waals surface area (Å²) in [5.74, 6) is -1.65. The third-order valence-electron chi connectivity index (χ3n) is 10.6. The van der Waals surface area contributed by atoms with Gasteiger partial charge in [-0.3, -0.25) is 9.59 Å². The first-order chi connectivity index (χ1) is 26.6. The van der Waals surface area contributed by atoms with Gasteiger partial charge in [-0.1, -0.05) is 64.8 Å². The molecule has 0 saturated carbocycles. The minimum Gasteiger partial charge on any atom is -0.497 e. The molecular weight excluding hydrogens is 750 g/mol. The van der Waals surface area contributed by atoms with E-state index in [0.29, 0.717) is 40.2 Å². The first kappa shape index (κ1) is 42.0. The van der Waals surface area contributed by atoms with E-state index < -0.39 is 53.2 Å². The smallest absolute Gasteiger partial charge is 0.418 e. The van der Waals surface area contributed by atoms with Crippen LogP contribution in [0.15, 0.2) is 47.8 Å². The quantitative estimate of drug-likeness (QED) is 0.0810. The maximum Gasteiger partial charge on any atom is 0.418 e. The van der Waals surface area contributed by atoms with Crippen molar-refractivity contribution in [3.8, 4) is 5.75 Å². The van der Waals surface area contributed by atoms with E-state index in [4.69, 9.17) is 9.47 Å².